The third-order valence-electron chi connectivity index (χ3n) is 6.15. The van der Waals surface area contributed by atoms with Crippen molar-refractivity contribution in [1.82, 2.24) is 20.2 Å². The third-order valence-corrected chi connectivity index (χ3v) is 7.02. The topological polar surface area (TPSA) is 103 Å². The van der Waals surface area contributed by atoms with Gasteiger partial charge in [-0.3, -0.25) is 19.5 Å². The van der Waals surface area contributed by atoms with E-state index >= 15 is 0 Å². The van der Waals surface area contributed by atoms with Crippen LogP contribution in [0.2, 0.25) is 0 Å². The van der Waals surface area contributed by atoms with Crippen molar-refractivity contribution in [2.24, 2.45) is 0 Å². The summed E-state index contributed by atoms with van der Waals surface area (Å²) in [7, 11) is 3.97. The monoisotopic (exact) mass is 507 g/mol. The van der Waals surface area contributed by atoms with Crippen molar-refractivity contribution in [3.05, 3.63) is 58.9 Å². The van der Waals surface area contributed by atoms with Crippen LogP contribution in [0, 0.1) is 0 Å². The fourth-order valence-electron chi connectivity index (χ4n) is 4.21. The molecule has 2 aromatic heterocycles. The van der Waals surface area contributed by atoms with E-state index in [1.807, 2.05) is 37.2 Å². The minimum absolute atomic E-state index is 0.141. The number of nitrogens with zero attached hydrogens (tertiary/aromatic N) is 5. The molecule has 1 aromatic carbocycles. The van der Waals surface area contributed by atoms with Crippen molar-refractivity contribution in [2.75, 3.05) is 68.5 Å². The van der Waals surface area contributed by atoms with Crippen LogP contribution in [0.15, 0.2) is 42.0 Å². The minimum Gasteiger partial charge on any atom is -0.492 e. The Labute approximate surface area is 213 Å². The number of hydrogen-bond acceptors (Lipinski definition) is 9. The number of piperazine rings is 1. The number of carbonyl (C=O) groups excluding carboxylic acids is 2. The fourth-order valence-corrected chi connectivity index (χ4v) is 5.02. The predicted octanol–water partition coefficient (Wildman–Crippen LogP) is 2.30. The molecule has 3 aromatic rings. The Bertz CT molecular complexity index is 1260. The standard InChI is InChI=1S/C25H29N7O3S/c1-30(2)11-12-35-18-4-3-17-15-32(24(34)19(17)13-18)25-29-21(16-36-25)23(33)28-20-14-27-6-5-22(20)31-9-7-26-8-10-31/h3-6,13-14,16,26H,7-12,15H2,1-2H3,(H,28,33). The zero-order chi connectivity index (χ0) is 25.1. The molecule has 0 radical (unpaired) electrons. The Kier molecular flexibility index (Phi) is 7.12. The van der Waals surface area contributed by atoms with E-state index in [4.69, 9.17) is 4.74 Å². The van der Waals surface area contributed by atoms with Crippen molar-refractivity contribution in [1.29, 1.82) is 0 Å². The molecule has 11 heteroatoms. The quantitative estimate of drug-likeness (QED) is 0.479. The van der Waals surface area contributed by atoms with Crippen LogP contribution < -0.4 is 25.2 Å². The van der Waals surface area contributed by atoms with E-state index in [1.54, 1.807) is 28.7 Å². The Morgan fingerprint density at radius 3 is 2.89 bits per heavy atom. The van der Waals surface area contributed by atoms with Crippen molar-refractivity contribution in [3.8, 4) is 5.75 Å². The van der Waals surface area contributed by atoms with Crippen LogP contribution in [-0.2, 0) is 6.54 Å². The predicted molar refractivity (Wildman–Crippen MR) is 140 cm³/mol. The zero-order valence-electron chi connectivity index (χ0n) is 20.4. The molecule has 0 saturated carbocycles. The second-order valence-corrected chi connectivity index (χ2v) is 9.80. The van der Waals surface area contributed by atoms with Gasteiger partial charge in [0.15, 0.2) is 5.13 Å². The van der Waals surface area contributed by atoms with E-state index in [0.717, 1.165) is 44.0 Å². The van der Waals surface area contributed by atoms with Crippen LogP contribution >= 0.6 is 11.3 Å². The van der Waals surface area contributed by atoms with Crippen LogP contribution in [0.5, 0.6) is 5.75 Å². The molecule has 0 unspecified atom stereocenters. The second kappa shape index (κ2) is 10.6. The smallest absolute Gasteiger partial charge is 0.275 e. The first-order valence-electron chi connectivity index (χ1n) is 11.9. The molecule has 36 heavy (non-hydrogen) atoms. The largest absolute Gasteiger partial charge is 0.492 e. The molecule has 2 aliphatic rings. The average molecular weight is 508 g/mol. The number of nitrogens with one attached hydrogen (secondary N) is 2. The number of likely N-dealkylation sites (N-methyl/N-ethyl adjacent to an activating group) is 1. The third kappa shape index (κ3) is 5.18. The van der Waals surface area contributed by atoms with Crippen LogP contribution in [0.25, 0.3) is 0 Å². The highest BCUT2D eigenvalue weighted by Crippen LogP contribution is 2.33. The summed E-state index contributed by atoms with van der Waals surface area (Å²) >= 11 is 1.28. The van der Waals surface area contributed by atoms with Crippen molar-refractivity contribution < 1.29 is 14.3 Å². The van der Waals surface area contributed by atoms with Crippen molar-refractivity contribution in [2.45, 2.75) is 6.54 Å². The number of rotatable bonds is 8. The number of hydrogen-bond donors (Lipinski definition) is 2. The van der Waals surface area contributed by atoms with Gasteiger partial charge in [-0.2, -0.15) is 0 Å². The number of pyridine rings is 1. The van der Waals surface area contributed by atoms with Gasteiger partial charge in [0, 0.05) is 49.9 Å². The van der Waals surface area contributed by atoms with Crippen molar-refractivity contribution in [3.63, 3.8) is 0 Å². The maximum Gasteiger partial charge on any atom is 0.275 e. The Morgan fingerprint density at radius 2 is 2.08 bits per heavy atom. The van der Waals surface area contributed by atoms with Gasteiger partial charge in [0.05, 0.1) is 24.1 Å². The van der Waals surface area contributed by atoms with Gasteiger partial charge < -0.3 is 25.2 Å². The first-order valence-corrected chi connectivity index (χ1v) is 12.8. The molecule has 2 N–H and O–H groups in total. The lowest BCUT2D eigenvalue weighted by molar-refractivity contribution is 0.0991. The Hall–Kier alpha value is -3.54. The number of anilines is 3. The molecule has 1 saturated heterocycles. The number of ether oxygens (including phenoxy) is 1. The van der Waals surface area contributed by atoms with Gasteiger partial charge in [-0.05, 0) is 37.9 Å². The summed E-state index contributed by atoms with van der Waals surface area (Å²) in [6, 6.07) is 7.50. The fraction of sp³-hybridized carbons (Fsp3) is 0.360. The molecule has 0 aliphatic carbocycles. The lowest BCUT2D eigenvalue weighted by atomic mass is 10.1. The first kappa shape index (κ1) is 24.2. The molecular weight excluding hydrogens is 478 g/mol. The summed E-state index contributed by atoms with van der Waals surface area (Å²) in [5.41, 5.74) is 3.36. The highest BCUT2D eigenvalue weighted by molar-refractivity contribution is 7.14. The van der Waals surface area contributed by atoms with Gasteiger partial charge in [-0.25, -0.2) is 4.98 Å². The second-order valence-electron chi connectivity index (χ2n) is 8.96. The molecule has 4 heterocycles. The Balaban J connectivity index is 1.27. The number of carbonyl (C=O) groups is 2. The molecule has 5 rings (SSSR count). The average Bonchev–Trinajstić information content (AvgIpc) is 3.50. The van der Waals surface area contributed by atoms with E-state index in [1.165, 1.54) is 11.3 Å². The van der Waals surface area contributed by atoms with Gasteiger partial charge >= 0.3 is 0 Å². The molecule has 10 nitrogen and oxygen atoms in total. The molecule has 188 valence electrons. The van der Waals surface area contributed by atoms with Crippen molar-refractivity contribution >= 4 is 39.7 Å². The molecular formula is C25H29N7O3S. The van der Waals surface area contributed by atoms with Crippen LogP contribution in [0.4, 0.5) is 16.5 Å². The first-order chi connectivity index (χ1) is 17.5. The number of benzene rings is 1. The summed E-state index contributed by atoms with van der Waals surface area (Å²) in [6.45, 7) is 5.24. The molecule has 1 fully saturated rings. The van der Waals surface area contributed by atoms with Gasteiger partial charge in [0.1, 0.15) is 18.1 Å². The highest BCUT2D eigenvalue weighted by atomic mass is 32.1. The summed E-state index contributed by atoms with van der Waals surface area (Å²) in [5, 5.41) is 8.45. The SMILES string of the molecule is CN(C)CCOc1ccc2c(c1)C(=O)N(c1nc(C(=O)Nc3cnccc3N3CCNCC3)cs1)C2. The maximum absolute atomic E-state index is 13.1. The van der Waals surface area contributed by atoms with Gasteiger partial charge in [-0.15, -0.1) is 11.3 Å². The van der Waals surface area contributed by atoms with Gasteiger partial charge in [0.2, 0.25) is 0 Å². The van der Waals surface area contributed by atoms with E-state index < -0.39 is 0 Å². The summed E-state index contributed by atoms with van der Waals surface area (Å²) < 4.78 is 5.79. The van der Waals surface area contributed by atoms with E-state index in [9.17, 15) is 9.59 Å². The number of thiazole rings is 1. The minimum atomic E-state index is -0.331. The van der Waals surface area contributed by atoms with Crippen LogP contribution in [0.3, 0.4) is 0 Å². The van der Waals surface area contributed by atoms with E-state index in [2.05, 4.69) is 25.5 Å². The zero-order valence-corrected chi connectivity index (χ0v) is 21.2. The van der Waals surface area contributed by atoms with Gasteiger partial charge in [-0.1, -0.05) is 6.07 Å². The molecule has 0 atom stereocenters. The summed E-state index contributed by atoms with van der Waals surface area (Å²) in [5.74, 6) is 0.196. The summed E-state index contributed by atoms with van der Waals surface area (Å²) in [4.78, 5) is 40.7. The van der Waals surface area contributed by atoms with Crippen LogP contribution in [-0.4, -0.2) is 80.1 Å². The number of aromatic nitrogens is 2. The lowest BCUT2D eigenvalue weighted by Crippen LogP contribution is -2.43. The maximum atomic E-state index is 13.1. The number of fused-ring (bicyclic) bond motifs is 1. The number of amides is 2. The lowest BCUT2D eigenvalue weighted by Gasteiger charge is -2.30. The molecule has 2 amide bonds. The van der Waals surface area contributed by atoms with E-state index in [-0.39, 0.29) is 17.5 Å². The summed E-state index contributed by atoms with van der Waals surface area (Å²) in [6.07, 6.45) is 3.38. The molecule has 2 aliphatic heterocycles. The molecule has 0 spiro atoms. The van der Waals surface area contributed by atoms with Gasteiger partial charge in [0.25, 0.3) is 11.8 Å². The Morgan fingerprint density at radius 1 is 1.25 bits per heavy atom. The highest BCUT2D eigenvalue weighted by Gasteiger charge is 2.31. The normalized spacial score (nSPS) is 15.4. The van der Waals surface area contributed by atoms with E-state index in [0.29, 0.717) is 35.3 Å². The molecule has 0 bridgehead atoms. The van der Waals surface area contributed by atoms with Crippen LogP contribution in [0.1, 0.15) is 26.4 Å².